The second-order valence-corrected chi connectivity index (χ2v) is 6.12. The minimum Gasteiger partial charge on any atom is -0.382 e. The number of ether oxygens (including phenoxy) is 2. The van der Waals surface area contributed by atoms with Gasteiger partial charge in [-0.15, -0.1) is 10.2 Å². The number of guanidine groups is 1. The number of aromatic nitrogens is 3. The van der Waals surface area contributed by atoms with Gasteiger partial charge in [-0.3, -0.25) is 4.99 Å². The molecule has 2 rings (SSSR count). The maximum absolute atomic E-state index is 5.43. The highest BCUT2D eigenvalue weighted by molar-refractivity contribution is 5.79. The zero-order valence-electron chi connectivity index (χ0n) is 15.5. The molecule has 0 amide bonds. The van der Waals surface area contributed by atoms with E-state index in [1.807, 2.05) is 6.92 Å². The van der Waals surface area contributed by atoms with Crippen molar-refractivity contribution in [3.8, 4) is 0 Å². The summed E-state index contributed by atoms with van der Waals surface area (Å²) in [6.45, 7) is 10.6. The standard InChI is InChI=1S/C17H32N6O2/c1-3-16-22-21-14-23(16)9-8-19-17(18-7-5-10-24-4-2)20-12-15-6-11-25-13-15/h14-15H,3-13H2,1-2H3,(H2,18,19,20). The predicted molar refractivity (Wildman–Crippen MR) is 97.7 cm³/mol. The first kappa shape index (κ1) is 19.7. The molecule has 0 radical (unpaired) electrons. The van der Waals surface area contributed by atoms with Crippen molar-refractivity contribution in [2.45, 2.75) is 39.7 Å². The van der Waals surface area contributed by atoms with Crippen molar-refractivity contribution in [1.82, 2.24) is 25.4 Å². The molecule has 8 nitrogen and oxygen atoms in total. The van der Waals surface area contributed by atoms with Gasteiger partial charge in [0.15, 0.2) is 5.96 Å². The van der Waals surface area contributed by atoms with E-state index < -0.39 is 0 Å². The molecule has 2 heterocycles. The van der Waals surface area contributed by atoms with Crippen LogP contribution in [0.15, 0.2) is 11.3 Å². The highest BCUT2D eigenvalue weighted by atomic mass is 16.5. The summed E-state index contributed by atoms with van der Waals surface area (Å²) in [7, 11) is 0. The Labute approximate surface area is 150 Å². The molecule has 1 aliphatic rings. The monoisotopic (exact) mass is 352 g/mol. The molecule has 0 saturated carbocycles. The third-order valence-electron chi connectivity index (χ3n) is 4.15. The van der Waals surface area contributed by atoms with Gasteiger partial charge in [0.1, 0.15) is 12.2 Å². The van der Waals surface area contributed by atoms with E-state index in [2.05, 4.69) is 32.3 Å². The fraction of sp³-hybridized carbons (Fsp3) is 0.824. The number of nitrogens with one attached hydrogen (secondary N) is 2. The Morgan fingerprint density at radius 3 is 3.04 bits per heavy atom. The van der Waals surface area contributed by atoms with Crippen LogP contribution < -0.4 is 10.6 Å². The Balaban J connectivity index is 1.76. The lowest BCUT2D eigenvalue weighted by Gasteiger charge is -2.14. The second-order valence-electron chi connectivity index (χ2n) is 6.12. The second kappa shape index (κ2) is 11.8. The lowest BCUT2D eigenvalue weighted by molar-refractivity contribution is 0.145. The summed E-state index contributed by atoms with van der Waals surface area (Å²) < 4.78 is 12.9. The fourth-order valence-electron chi connectivity index (χ4n) is 2.68. The van der Waals surface area contributed by atoms with Crippen molar-refractivity contribution < 1.29 is 9.47 Å². The van der Waals surface area contributed by atoms with Crippen molar-refractivity contribution in [2.24, 2.45) is 10.9 Å². The molecule has 1 aromatic heterocycles. The van der Waals surface area contributed by atoms with Crippen LogP contribution >= 0.6 is 0 Å². The predicted octanol–water partition coefficient (Wildman–Crippen LogP) is 0.839. The van der Waals surface area contributed by atoms with Crippen molar-refractivity contribution in [2.75, 3.05) is 46.1 Å². The minimum atomic E-state index is 0.534. The normalized spacial score (nSPS) is 17.8. The molecule has 25 heavy (non-hydrogen) atoms. The third-order valence-corrected chi connectivity index (χ3v) is 4.15. The summed E-state index contributed by atoms with van der Waals surface area (Å²) in [5.41, 5.74) is 0. The van der Waals surface area contributed by atoms with E-state index in [4.69, 9.17) is 14.5 Å². The quantitative estimate of drug-likeness (QED) is 0.349. The average Bonchev–Trinajstić information content (AvgIpc) is 3.30. The Morgan fingerprint density at radius 1 is 1.40 bits per heavy atom. The molecule has 0 aromatic carbocycles. The van der Waals surface area contributed by atoms with Gasteiger partial charge in [-0.05, 0) is 19.8 Å². The number of hydrogen-bond acceptors (Lipinski definition) is 5. The van der Waals surface area contributed by atoms with E-state index in [0.29, 0.717) is 5.92 Å². The van der Waals surface area contributed by atoms with Crippen LogP contribution in [0.5, 0.6) is 0 Å². The van der Waals surface area contributed by atoms with Crippen LogP contribution in [0.4, 0.5) is 0 Å². The molecule has 1 saturated heterocycles. The average molecular weight is 352 g/mol. The summed E-state index contributed by atoms with van der Waals surface area (Å²) in [5, 5.41) is 14.9. The molecular formula is C17H32N6O2. The molecule has 0 aliphatic carbocycles. The molecule has 1 fully saturated rings. The Kier molecular flexibility index (Phi) is 9.28. The molecule has 2 N–H and O–H groups in total. The number of nitrogens with zero attached hydrogens (tertiary/aromatic N) is 4. The summed E-state index contributed by atoms with van der Waals surface area (Å²) in [4.78, 5) is 4.72. The Morgan fingerprint density at radius 2 is 2.28 bits per heavy atom. The molecule has 8 heteroatoms. The fourth-order valence-corrected chi connectivity index (χ4v) is 2.68. The van der Waals surface area contributed by atoms with E-state index in [-0.39, 0.29) is 0 Å². The molecule has 0 bridgehead atoms. The van der Waals surface area contributed by atoms with Crippen LogP contribution in [-0.2, 0) is 22.4 Å². The van der Waals surface area contributed by atoms with Crippen molar-refractivity contribution in [3.05, 3.63) is 12.2 Å². The van der Waals surface area contributed by atoms with Gasteiger partial charge < -0.3 is 24.7 Å². The Hall–Kier alpha value is -1.67. The van der Waals surface area contributed by atoms with Crippen molar-refractivity contribution in [3.63, 3.8) is 0 Å². The molecule has 142 valence electrons. The van der Waals surface area contributed by atoms with Crippen LogP contribution in [0.25, 0.3) is 0 Å². The zero-order chi connectivity index (χ0) is 17.7. The van der Waals surface area contributed by atoms with E-state index in [1.54, 1.807) is 6.33 Å². The van der Waals surface area contributed by atoms with Crippen LogP contribution in [0.1, 0.15) is 32.5 Å². The molecule has 0 spiro atoms. The van der Waals surface area contributed by atoms with Gasteiger partial charge in [0.05, 0.1) is 6.61 Å². The van der Waals surface area contributed by atoms with Crippen LogP contribution in [0, 0.1) is 5.92 Å². The number of aryl methyl sites for hydroxylation is 1. The molecule has 1 aromatic rings. The van der Waals surface area contributed by atoms with E-state index in [1.165, 1.54) is 0 Å². The Bertz CT molecular complexity index is 499. The van der Waals surface area contributed by atoms with Crippen LogP contribution in [-0.4, -0.2) is 66.8 Å². The summed E-state index contributed by atoms with van der Waals surface area (Å²) >= 11 is 0. The minimum absolute atomic E-state index is 0.534. The van der Waals surface area contributed by atoms with Crippen LogP contribution in [0.3, 0.4) is 0 Å². The first-order chi connectivity index (χ1) is 12.3. The maximum Gasteiger partial charge on any atom is 0.191 e. The van der Waals surface area contributed by atoms with Crippen molar-refractivity contribution in [1.29, 1.82) is 0 Å². The number of aliphatic imine (C=N–C) groups is 1. The van der Waals surface area contributed by atoms with Gasteiger partial charge in [0.2, 0.25) is 0 Å². The van der Waals surface area contributed by atoms with Gasteiger partial charge in [-0.25, -0.2) is 0 Å². The van der Waals surface area contributed by atoms with Gasteiger partial charge in [0.25, 0.3) is 0 Å². The molecule has 1 unspecified atom stereocenters. The summed E-state index contributed by atoms with van der Waals surface area (Å²) in [6.07, 6.45) is 4.73. The van der Waals surface area contributed by atoms with E-state index in [0.717, 1.165) is 83.7 Å². The van der Waals surface area contributed by atoms with Gasteiger partial charge in [-0.1, -0.05) is 6.92 Å². The molecule has 1 aliphatic heterocycles. The van der Waals surface area contributed by atoms with Gasteiger partial charge in [-0.2, -0.15) is 0 Å². The highest BCUT2D eigenvalue weighted by Gasteiger charge is 2.15. The van der Waals surface area contributed by atoms with E-state index >= 15 is 0 Å². The largest absolute Gasteiger partial charge is 0.382 e. The van der Waals surface area contributed by atoms with Crippen molar-refractivity contribution >= 4 is 5.96 Å². The summed E-state index contributed by atoms with van der Waals surface area (Å²) in [6, 6.07) is 0. The van der Waals surface area contributed by atoms with E-state index in [9.17, 15) is 0 Å². The van der Waals surface area contributed by atoms with Crippen LogP contribution in [0.2, 0.25) is 0 Å². The maximum atomic E-state index is 5.43. The first-order valence-electron chi connectivity index (χ1n) is 9.37. The zero-order valence-corrected chi connectivity index (χ0v) is 15.5. The summed E-state index contributed by atoms with van der Waals surface area (Å²) in [5.74, 6) is 2.40. The number of rotatable bonds is 11. The third kappa shape index (κ3) is 7.39. The number of hydrogen-bond donors (Lipinski definition) is 2. The van der Waals surface area contributed by atoms with Gasteiger partial charge in [0, 0.05) is 58.3 Å². The smallest absolute Gasteiger partial charge is 0.191 e. The molecular weight excluding hydrogens is 320 g/mol. The first-order valence-corrected chi connectivity index (χ1v) is 9.37. The lowest BCUT2D eigenvalue weighted by Crippen LogP contribution is -2.40. The van der Waals surface area contributed by atoms with Gasteiger partial charge >= 0.3 is 0 Å². The lowest BCUT2D eigenvalue weighted by atomic mass is 10.1. The highest BCUT2D eigenvalue weighted by Crippen LogP contribution is 2.11. The topological polar surface area (TPSA) is 85.6 Å². The molecule has 1 atom stereocenters. The SMILES string of the molecule is CCOCCCNC(=NCC1CCOC1)NCCn1cnnc1CC.